The number of hydrogen-bond donors (Lipinski definition) is 1. The smallest absolute Gasteiger partial charge is 0.266 e. The van der Waals surface area contributed by atoms with Crippen LogP contribution in [0.4, 0.5) is 8.78 Å². The number of H-pyrrole nitrogens is 1. The van der Waals surface area contributed by atoms with E-state index in [1.165, 1.54) is 18.5 Å². The summed E-state index contributed by atoms with van der Waals surface area (Å²) in [4.78, 5) is 3.47. The lowest BCUT2D eigenvalue weighted by Gasteiger charge is -2.09. The summed E-state index contributed by atoms with van der Waals surface area (Å²) in [5.41, 5.74) is -0.165. The summed E-state index contributed by atoms with van der Waals surface area (Å²) >= 11 is 0. The zero-order valence-electron chi connectivity index (χ0n) is 10.2. The maximum atomic E-state index is 13.2. The van der Waals surface area contributed by atoms with Crippen LogP contribution >= 0.6 is 10.7 Å². The zero-order valence-corrected chi connectivity index (χ0v) is 11.7. The maximum absolute atomic E-state index is 13.2. The van der Waals surface area contributed by atoms with Crippen molar-refractivity contribution < 1.29 is 17.2 Å². The Morgan fingerprint density at radius 2 is 1.90 bits per heavy atom. The Balaban J connectivity index is 2.41. The molecule has 0 atom stereocenters. The van der Waals surface area contributed by atoms with Crippen LogP contribution in [0.3, 0.4) is 0 Å². The molecule has 0 saturated heterocycles. The van der Waals surface area contributed by atoms with E-state index in [1.807, 2.05) is 0 Å². The van der Waals surface area contributed by atoms with Gasteiger partial charge in [0.15, 0.2) is 0 Å². The number of nitrogens with one attached hydrogen (secondary N) is 1. The van der Waals surface area contributed by atoms with Crippen LogP contribution in [0.15, 0.2) is 35.6 Å². The highest BCUT2D eigenvalue weighted by atomic mass is 35.7. The minimum Gasteiger partial charge on any atom is -0.358 e. The molecule has 0 fully saturated rings. The zero-order chi connectivity index (χ0) is 15.2. The van der Waals surface area contributed by atoms with Crippen molar-refractivity contribution in [3.8, 4) is 5.69 Å². The van der Waals surface area contributed by atoms with Gasteiger partial charge in [-0.3, -0.25) is 0 Å². The number of fused-ring (bicyclic) bond motifs is 1. The third-order valence-electron chi connectivity index (χ3n) is 2.94. The normalized spacial score (nSPS) is 12.4. The Hall–Kier alpha value is -2.00. The van der Waals surface area contributed by atoms with E-state index in [1.54, 1.807) is 0 Å². The van der Waals surface area contributed by atoms with Crippen molar-refractivity contribution in [2.45, 2.75) is 11.3 Å². The molecule has 3 aromatic rings. The number of nitrogens with zero attached hydrogens (tertiary/aromatic N) is 3. The summed E-state index contributed by atoms with van der Waals surface area (Å²) in [6, 6.07) is 2.40. The number of alkyl halides is 2. The number of benzene rings is 1. The first-order valence-corrected chi connectivity index (χ1v) is 7.94. The van der Waals surface area contributed by atoms with Gasteiger partial charge in [0.25, 0.3) is 15.5 Å². The van der Waals surface area contributed by atoms with Crippen LogP contribution in [0.1, 0.15) is 12.0 Å². The molecule has 0 amide bonds. The Morgan fingerprint density at radius 3 is 2.48 bits per heavy atom. The molecule has 0 aliphatic heterocycles. The number of aromatic nitrogens is 4. The van der Waals surface area contributed by atoms with E-state index >= 15 is 0 Å². The van der Waals surface area contributed by atoms with Gasteiger partial charge < -0.3 is 4.98 Å². The predicted octanol–water partition coefficient (Wildman–Crippen LogP) is 2.61. The molecule has 0 bridgehead atoms. The highest BCUT2D eigenvalue weighted by Crippen LogP contribution is 2.34. The molecule has 1 aromatic carbocycles. The number of rotatable bonds is 3. The number of halogens is 3. The highest BCUT2D eigenvalue weighted by molar-refractivity contribution is 8.14. The molecule has 10 heteroatoms. The molecule has 2 aromatic heterocycles. The first-order chi connectivity index (χ1) is 9.89. The van der Waals surface area contributed by atoms with Gasteiger partial charge in [0.2, 0.25) is 0 Å². The van der Waals surface area contributed by atoms with Gasteiger partial charge in [0.05, 0.1) is 17.9 Å². The fourth-order valence-electron chi connectivity index (χ4n) is 2.10. The topological polar surface area (TPSA) is 80.6 Å². The molecule has 0 aliphatic carbocycles. The minimum atomic E-state index is -4.00. The van der Waals surface area contributed by atoms with Gasteiger partial charge in [0, 0.05) is 27.8 Å². The second-order valence-electron chi connectivity index (χ2n) is 4.14. The summed E-state index contributed by atoms with van der Waals surface area (Å²) in [5.74, 6) is 0. The molecule has 0 aliphatic rings. The van der Waals surface area contributed by atoms with E-state index in [9.17, 15) is 17.2 Å². The van der Waals surface area contributed by atoms with Crippen molar-refractivity contribution in [2.24, 2.45) is 0 Å². The average Bonchev–Trinajstić information content (AvgIpc) is 3.05. The summed E-state index contributed by atoms with van der Waals surface area (Å²) in [6.45, 7) is 0. The molecule has 6 nitrogen and oxygen atoms in total. The van der Waals surface area contributed by atoms with Gasteiger partial charge in [-0.1, -0.05) is 12.1 Å². The lowest BCUT2D eigenvalue weighted by Crippen LogP contribution is -2.05. The van der Waals surface area contributed by atoms with E-state index in [0.29, 0.717) is 0 Å². The van der Waals surface area contributed by atoms with Crippen molar-refractivity contribution in [3.63, 3.8) is 0 Å². The molecule has 0 radical (unpaired) electrons. The Labute approximate surface area is 121 Å². The lowest BCUT2D eigenvalue weighted by molar-refractivity contribution is 0.151. The monoisotopic (exact) mass is 332 g/mol. The van der Waals surface area contributed by atoms with Crippen LogP contribution in [0.25, 0.3) is 16.6 Å². The second-order valence-corrected chi connectivity index (χ2v) is 6.67. The largest absolute Gasteiger partial charge is 0.358 e. The fraction of sp³-hybridized carbons (Fsp3) is 0.0909. The Morgan fingerprint density at radius 1 is 1.24 bits per heavy atom. The van der Waals surface area contributed by atoms with Gasteiger partial charge >= 0.3 is 0 Å². The molecule has 0 spiro atoms. The third-order valence-corrected chi connectivity index (χ3v) is 4.30. The number of hydrogen-bond acceptors (Lipinski definition) is 4. The summed E-state index contributed by atoms with van der Waals surface area (Å²) in [5, 5.41) is 7.84. The van der Waals surface area contributed by atoms with E-state index in [-0.39, 0.29) is 27.0 Å². The molecule has 110 valence electrons. The van der Waals surface area contributed by atoms with Crippen LogP contribution in [-0.4, -0.2) is 28.4 Å². The molecule has 2 heterocycles. The molecule has 1 N–H and O–H groups in total. The minimum absolute atomic E-state index is 0.0148. The molecule has 21 heavy (non-hydrogen) atoms. The van der Waals surface area contributed by atoms with Gasteiger partial charge in [-0.05, 0) is 0 Å². The number of aromatic amines is 1. The lowest BCUT2D eigenvalue weighted by atomic mass is 10.1. The molecular weight excluding hydrogens is 326 g/mol. The van der Waals surface area contributed by atoms with Gasteiger partial charge in [-0.2, -0.15) is 10.2 Å². The fourth-order valence-corrected chi connectivity index (χ4v) is 3.11. The standard InChI is InChI=1S/C11H7ClF2N4O2S/c12-21(19,20)8-5-15-9-6(8)1-2-7(11(13)14)10(9)18-16-3-4-17-18/h1-5,11,15H. The summed E-state index contributed by atoms with van der Waals surface area (Å²) in [6.07, 6.45) is 1.04. The quantitative estimate of drug-likeness (QED) is 0.748. The Bertz CT molecular complexity index is 906. The van der Waals surface area contributed by atoms with Gasteiger partial charge in [0.1, 0.15) is 10.6 Å². The molecule has 3 rings (SSSR count). The van der Waals surface area contributed by atoms with Gasteiger partial charge in [-0.25, -0.2) is 17.2 Å². The van der Waals surface area contributed by atoms with Crippen LogP contribution < -0.4 is 0 Å². The van der Waals surface area contributed by atoms with E-state index in [4.69, 9.17) is 10.7 Å². The average molecular weight is 333 g/mol. The maximum Gasteiger partial charge on any atom is 0.266 e. The third kappa shape index (κ3) is 2.28. The van der Waals surface area contributed by atoms with Gasteiger partial charge in [-0.15, -0.1) is 4.80 Å². The highest BCUT2D eigenvalue weighted by Gasteiger charge is 2.23. The van der Waals surface area contributed by atoms with Crippen LogP contribution in [-0.2, 0) is 9.05 Å². The molecule has 0 unspecified atom stereocenters. The van der Waals surface area contributed by atoms with Crippen LogP contribution in [0, 0.1) is 0 Å². The summed E-state index contributed by atoms with van der Waals surface area (Å²) in [7, 11) is 1.32. The van der Waals surface area contributed by atoms with Crippen molar-refractivity contribution in [1.82, 2.24) is 20.0 Å². The second kappa shape index (κ2) is 4.78. The van der Waals surface area contributed by atoms with Crippen molar-refractivity contribution in [1.29, 1.82) is 0 Å². The predicted molar refractivity (Wildman–Crippen MR) is 71.2 cm³/mol. The first-order valence-electron chi connectivity index (χ1n) is 5.63. The SMILES string of the molecule is O=S(=O)(Cl)c1c[nH]c2c(-n3nccn3)c(C(F)F)ccc12. The van der Waals surface area contributed by atoms with Crippen LogP contribution in [0.5, 0.6) is 0 Å². The molecule has 0 saturated carbocycles. The van der Waals surface area contributed by atoms with E-state index in [0.717, 1.165) is 17.1 Å². The summed E-state index contributed by atoms with van der Waals surface area (Å²) < 4.78 is 49.3. The van der Waals surface area contributed by atoms with Crippen molar-refractivity contribution in [3.05, 3.63) is 36.3 Å². The van der Waals surface area contributed by atoms with Crippen molar-refractivity contribution >= 4 is 30.6 Å². The van der Waals surface area contributed by atoms with E-state index in [2.05, 4.69) is 15.2 Å². The van der Waals surface area contributed by atoms with E-state index < -0.39 is 15.5 Å². The molecular formula is C11H7ClF2N4O2S. The van der Waals surface area contributed by atoms with Crippen LogP contribution in [0.2, 0.25) is 0 Å². The van der Waals surface area contributed by atoms with Crippen molar-refractivity contribution in [2.75, 3.05) is 0 Å². The Kier molecular flexibility index (Phi) is 3.18. The first kappa shape index (κ1) is 14.0.